The molecule has 3 aromatic rings. The van der Waals surface area contributed by atoms with E-state index in [2.05, 4.69) is 10.3 Å². The number of halogens is 2. The Morgan fingerprint density at radius 2 is 2.03 bits per heavy atom. The quantitative estimate of drug-likeness (QED) is 0.690. The Hall–Kier alpha value is -3.01. The van der Waals surface area contributed by atoms with E-state index in [4.69, 9.17) is 4.42 Å². The van der Waals surface area contributed by atoms with E-state index in [-0.39, 0.29) is 36.3 Å². The van der Waals surface area contributed by atoms with Gasteiger partial charge in [0, 0.05) is 45.2 Å². The molecule has 2 aromatic heterocycles. The predicted molar refractivity (Wildman–Crippen MR) is 104 cm³/mol. The van der Waals surface area contributed by atoms with Crippen LogP contribution in [0.15, 0.2) is 34.1 Å². The van der Waals surface area contributed by atoms with Gasteiger partial charge in [0.1, 0.15) is 22.0 Å². The normalized spacial score (nSPS) is 16.1. The molecule has 1 aliphatic heterocycles. The molecule has 0 aliphatic carbocycles. The first-order valence-electron chi connectivity index (χ1n) is 9.11. The first-order valence-corrected chi connectivity index (χ1v) is 9.99. The topological polar surface area (TPSA) is 78.7 Å². The number of hydrogen-bond donors (Lipinski definition) is 1. The predicted octanol–water partition coefficient (Wildman–Crippen LogP) is 2.64. The standard InChI is InChI=1S/C19H18F2N4O3S/c20-12-1-2-15-14(11-12)23-19(28-15)25-7-5-22-16(26)3-6-24(8-9-25)18(27)17-13(21)4-10-29-17/h1-2,4,10-11H,3,5-9H2,(H,22,26). The van der Waals surface area contributed by atoms with E-state index in [9.17, 15) is 18.4 Å². The molecule has 1 saturated heterocycles. The van der Waals surface area contributed by atoms with Gasteiger partial charge >= 0.3 is 0 Å². The number of aromatic nitrogens is 1. The Labute approximate surface area is 168 Å². The summed E-state index contributed by atoms with van der Waals surface area (Å²) in [7, 11) is 0. The van der Waals surface area contributed by atoms with Gasteiger partial charge in [-0.25, -0.2) is 8.78 Å². The zero-order valence-corrected chi connectivity index (χ0v) is 16.2. The minimum absolute atomic E-state index is 0.0198. The molecular formula is C19H18F2N4O3S. The summed E-state index contributed by atoms with van der Waals surface area (Å²) >= 11 is 1.03. The first kappa shape index (κ1) is 19.3. The molecule has 7 nitrogen and oxygen atoms in total. The van der Waals surface area contributed by atoms with Crippen molar-refractivity contribution in [3.05, 3.63) is 46.2 Å². The summed E-state index contributed by atoms with van der Waals surface area (Å²) in [6.45, 7) is 1.57. The van der Waals surface area contributed by atoms with Crippen LogP contribution in [0.2, 0.25) is 0 Å². The summed E-state index contributed by atoms with van der Waals surface area (Å²) in [5.41, 5.74) is 0.825. The number of fused-ring (bicyclic) bond motifs is 1. The van der Waals surface area contributed by atoms with Crippen molar-refractivity contribution in [1.29, 1.82) is 0 Å². The van der Waals surface area contributed by atoms with Crippen molar-refractivity contribution < 1.29 is 22.8 Å². The number of nitrogens with one attached hydrogen (secondary N) is 1. The largest absolute Gasteiger partial charge is 0.423 e. The highest BCUT2D eigenvalue weighted by molar-refractivity contribution is 7.12. The maximum Gasteiger partial charge on any atom is 0.298 e. The molecule has 1 fully saturated rings. The van der Waals surface area contributed by atoms with E-state index >= 15 is 0 Å². The summed E-state index contributed by atoms with van der Waals surface area (Å²) in [6, 6.07) is 5.59. The number of nitrogens with zero attached hydrogens (tertiary/aromatic N) is 3. The fourth-order valence-corrected chi connectivity index (χ4v) is 3.86. The van der Waals surface area contributed by atoms with Crippen molar-refractivity contribution in [3.8, 4) is 0 Å². The van der Waals surface area contributed by atoms with Crippen molar-refractivity contribution in [2.45, 2.75) is 6.42 Å². The van der Waals surface area contributed by atoms with Crippen molar-refractivity contribution in [2.24, 2.45) is 0 Å². The number of carbonyl (C=O) groups is 2. The maximum atomic E-state index is 13.9. The highest BCUT2D eigenvalue weighted by atomic mass is 32.1. The fourth-order valence-electron chi connectivity index (χ4n) is 3.13. The third-order valence-corrected chi connectivity index (χ3v) is 5.54. The molecule has 1 aliphatic rings. The third kappa shape index (κ3) is 4.21. The number of anilines is 1. The van der Waals surface area contributed by atoms with E-state index in [1.54, 1.807) is 4.90 Å². The van der Waals surface area contributed by atoms with Crippen LogP contribution in [0, 0.1) is 11.6 Å². The highest BCUT2D eigenvalue weighted by Gasteiger charge is 2.24. The summed E-state index contributed by atoms with van der Waals surface area (Å²) in [6.07, 6.45) is 0.140. The summed E-state index contributed by atoms with van der Waals surface area (Å²) in [4.78, 5) is 32.3. The van der Waals surface area contributed by atoms with Crippen LogP contribution in [0.1, 0.15) is 16.1 Å². The summed E-state index contributed by atoms with van der Waals surface area (Å²) in [5.74, 6) is -1.64. The van der Waals surface area contributed by atoms with E-state index in [0.29, 0.717) is 30.7 Å². The Morgan fingerprint density at radius 3 is 2.83 bits per heavy atom. The summed E-state index contributed by atoms with van der Waals surface area (Å²) in [5, 5.41) is 4.30. The van der Waals surface area contributed by atoms with Crippen molar-refractivity contribution in [2.75, 3.05) is 37.6 Å². The van der Waals surface area contributed by atoms with Gasteiger partial charge < -0.3 is 19.5 Å². The zero-order valence-electron chi connectivity index (χ0n) is 15.4. The zero-order chi connectivity index (χ0) is 20.4. The van der Waals surface area contributed by atoms with Gasteiger partial charge in [0.15, 0.2) is 5.58 Å². The molecular weight excluding hydrogens is 402 g/mol. The van der Waals surface area contributed by atoms with Crippen LogP contribution in [0.3, 0.4) is 0 Å². The number of oxazole rings is 1. The number of amides is 2. The van der Waals surface area contributed by atoms with Crippen LogP contribution in [0.4, 0.5) is 14.8 Å². The SMILES string of the molecule is O=C1CCN(C(=O)c2sccc2F)CCN(c2nc3cc(F)ccc3o2)CCN1. The van der Waals surface area contributed by atoms with Crippen LogP contribution >= 0.6 is 11.3 Å². The van der Waals surface area contributed by atoms with Gasteiger partial charge in [-0.2, -0.15) is 4.98 Å². The van der Waals surface area contributed by atoms with Crippen LogP contribution in [-0.4, -0.2) is 54.4 Å². The van der Waals surface area contributed by atoms with E-state index in [1.807, 2.05) is 0 Å². The fraction of sp³-hybridized carbons (Fsp3) is 0.316. The lowest BCUT2D eigenvalue weighted by Gasteiger charge is -2.28. The van der Waals surface area contributed by atoms with Gasteiger partial charge in [0.25, 0.3) is 11.9 Å². The summed E-state index contributed by atoms with van der Waals surface area (Å²) < 4.78 is 33.0. The minimum Gasteiger partial charge on any atom is -0.423 e. The number of carbonyl (C=O) groups excluding carboxylic acids is 2. The third-order valence-electron chi connectivity index (χ3n) is 4.66. The second kappa shape index (κ2) is 8.16. The Morgan fingerprint density at radius 1 is 1.17 bits per heavy atom. The molecule has 4 rings (SSSR count). The van der Waals surface area contributed by atoms with Gasteiger partial charge in [-0.15, -0.1) is 11.3 Å². The molecule has 29 heavy (non-hydrogen) atoms. The highest BCUT2D eigenvalue weighted by Crippen LogP contribution is 2.23. The molecule has 0 spiro atoms. The second-order valence-corrected chi connectivity index (χ2v) is 7.50. The van der Waals surface area contributed by atoms with Gasteiger partial charge in [-0.3, -0.25) is 9.59 Å². The lowest BCUT2D eigenvalue weighted by Crippen LogP contribution is -2.45. The van der Waals surface area contributed by atoms with E-state index < -0.39 is 17.5 Å². The Kier molecular flexibility index (Phi) is 5.43. The van der Waals surface area contributed by atoms with Crippen LogP contribution in [0.25, 0.3) is 11.1 Å². The average molecular weight is 420 g/mol. The van der Waals surface area contributed by atoms with Gasteiger partial charge in [0.05, 0.1) is 0 Å². The van der Waals surface area contributed by atoms with Gasteiger partial charge in [0.2, 0.25) is 5.91 Å². The van der Waals surface area contributed by atoms with Crippen LogP contribution in [-0.2, 0) is 4.79 Å². The number of rotatable bonds is 2. The molecule has 0 bridgehead atoms. The van der Waals surface area contributed by atoms with Crippen LogP contribution < -0.4 is 10.2 Å². The average Bonchev–Trinajstić information content (AvgIpc) is 3.31. The monoisotopic (exact) mass is 420 g/mol. The lowest BCUT2D eigenvalue weighted by molar-refractivity contribution is -0.121. The molecule has 152 valence electrons. The van der Waals surface area contributed by atoms with Gasteiger partial charge in [-0.1, -0.05) is 0 Å². The first-order chi connectivity index (χ1) is 14.0. The molecule has 3 heterocycles. The van der Waals surface area contributed by atoms with Gasteiger partial charge in [-0.05, 0) is 23.6 Å². The number of thiophene rings is 1. The Bertz CT molecular complexity index is 1050. The molecule has 0 atom stereocenters. The van der Waals surface area contributed by atoms with Crippen molar-refractivity contribution in [1.82, 2.24) is 15.2 Å². The van der Waals surface area contributed by atoms with Crippen molar-refractivity contribution in [3.63, 3.8) is 0 Å². The molecule has 0 radical (unpaired) electrons. The number of benzene rings is 1. The number of hydrogen-bond acceptors (Lipinski definition) is 6. The van der Waals surface area contributed by atoms with Crippen LogP contribution in [0.5, 0.6) is 0 Å². The van der Waals surface area contributed by atoms with E-state index in [0.717, 1.165) is 11.3 Å². The molecule has 10 heteroatoms. The van der Waals surface area contributed by atoms with E-state index in [1.165, 1.54) is 34.5 Å². The second-order valence-electron chi connectivity index (χ2n) is 6.59. The maximum absolute atomic E-state index is 13.9. The van der Waals surface area contributed by atoms with Crippen molar-refractivity contribution >= 4 is 40.3 Å². The lowest BCUT2D eigenvalue weighted by atomic mass is 10.3. The molecule has 1 aromatic carbocycles. The molecule has 1 N–H and O–H groups in total. The molecule has 2 amide bonds. The Balaban J connectivity index is 1.57. The molecule has 0 unspecified atom stereocenters. The molecule has 0 saturated carbocycles. The minimum atomic E-state index is -0.570. The smallest absolute Gasteiger partial charge is 0.298 e.